The fraction of sp³-hybridized carbons (Fsp3) is 0.948. The molecule has 0 bridgehead atoms. The van der Waals surface area contributed by atoms with Gasteiger partial charge in [-0.2, -0.15) is 0 Å². The molecule has 0 saturated carbocycles. The second-order valence-electron chi connectivity index (χ2n) is 29.2. The maximum absolute atomic E-state index is 13.1. The molecule has 0 aromatic rings. The van der Waals surface area contributed by atoms with Crippen LogP contribution in [0, 0.1) is 17.8 Å². The molecule has 0 aliphatic heterocycles. The first-order valence-corrected chi connectivity index (χ1v) is 42.8. The van der Waals surface area contributed by atoms with E-state index in [0.717, 1.165) is 108 Å². The predicted octanol–water partition coefficient (Wildman–Crippen LogP) is 22.6. The van der Waals surface area contributed by atoms with Crippen LogP contribution < -0.4 is 0 Å². The molecule has 0 fully saturated rings. The molecule has 0 aromatic carbocycles. The Hall–Kier alpha value is -1.94. The molecule has 0 aromatic heterocycles. The van der Waals surface area contributed by atoms with E-state index in [2.05, 4.69) is 48.5 Å². The van der Waals surface area contributed by atoms with Crippen LogP contribution in [0.1, 0.15) is 395 Å². The van der Waals surface area contributed by atoms with Crippen molar-refractivity contribution in [3.05, 3.63) is 0 Å². The van der Waals surface area contributed by atoms with Crippen LogP contribution in [0.3, 0.4) is 0 Å². The van der Waals surface area contributed by atoms with Crippen LogP contribution in [-0.2, 0) is 65.4 Å². The number of rotatable bonds is 75. The summed E-state index contributed by atoms with van der Waals surface area (Å²) in [5.41, 5.74) is 0. The molecule has 0 rings (SSSR count). The van der Waals surface area contributed by atoms with E-state index >= 15 is 0 Å². The molecule has 0 aliphatic rings. The standard InChI is InChI=1S/C77H150O17P2/c1-8-9-10-11-12-13-14-21-30-37-44-51-58-74(79)87-64-73(94-77(82)61-54-47-40-33-26-24-29-36-43-50-57-70(6)7)67-92-96(85,86)90-63-71(78)62-89-95(83,84)91-66-72(65-88-75(80)59-52-45-38-31-25-23-28-35-42-49-56-69(4)5)93-76(81)60-53-46-39-32-22-19-17-15-16-18-20-27-34-41-48-55-68(2)3/h68-73,78H,8-67H2,1-7H3,(H,83,84)(H,85,86)/t71-,72-,73-/m1/s1. The van der Waals surface area contributed by atoms with Crippen LogP contribution in [0.4, 0.5) is 0 Å². The highest BCUT2D eigenvalue weighted by atomic mass is 31.2. The molecule has 17 nitrogen and oxygen atoms in total. The van der Waals surface area contributed by atoms with Gasteiger partial charge in [0.25, 0.3) is 0 Å². The number of ether oxygens (including phenoxy) is 4. The van der Waals surface area contributed by atoms with Crippen molar-refractivity contribution in [3.8, 4) is 0 Å². The average Bonchev–Trinajstić information content (AvgIpc) is 1.61. The topological polar surface area (TPSA) is 237 Å². The maximum Gasteiger partial charge on any atom is 0.472 e. The summed E-state index contributed by atoms with van der Waals surface area (Å²) in [6, 6.07) is 0. The van der Waals surface area contributed by atoms with E-state index < -0.39 is 97.5 Å². The lowest BCUT2D eigenvalue weighted by molar-refractivity contribution is -0.161. The monoisotopic (exact) mass is 1410 g/mol. The largest absolute Gasteiger partial charge is 0.472 e. The molecule has 3 N–H and O–H groups in total. The van der Waals surface area contributed by atoms with E-state index in [0.29, 0.717) is 25.7 Å². The fourth-order valence-electron chi connectivity index (χ4n) is 11.8. The van der Waals surface area contributed by atoms with E-state index in [4.69, 9.17) is 37.0 Å². The number of carbonyl (C=O) groups excluding carboxylic acids is 4. The molecule has 0 amide bonds. The van der Waals surface area contributed by atoms with Gasteiger partial charge in [-0.3, -0.25) is 37.3 Å². The van der Waals surface area contributed by atoms with E-state index in [9.17, 15) is 43.2 Å². The van der Waals surface area contributed by atoms with E-state index in [1.54, 1.807) is 0 Å². The first kappa shape index (κ1) is 94.1. The summed E-state index contributed by atoms with van der Waals surface area (Å²) in [6.45, 7) is 11.9. The van der Waals surface area contributed by atoms with Crippen molar-refractivity contribution in [3.63, 3.8) is 0 Å². The van der Waals surface area contributed by atoms with Crippen LogP contribution in [0.5, 0.6) is 0 Å². The summed E-state index contributed by atoms with van der Waals surface area (Å²) in [7, 11) is -9.91. The van der Waals surface area contributed by atoms with Crippen LogP contribution in [-0.4, -0.2) is 96.7 Å². The minimum atomic E-state index is -4.96. The average molecular weight is 1410 g/mol. The summed E-state index contributed by atoms with van der Waals surface area (Å²) in [6.07, 6.45) is 54.0. The number of phosphoric ester groups is 2. The normalized spacial score (nSPS) is 14.1. The Kier molecular flexibility index (Phi) is 66.2. The number of esters is 4. The van der Waals surface area contributed by atoms with Crippen LogP contribution in [0.15, 0.2) is 0 Å². The number of unbranched alkanes of at least 4 members (excludes halogenated alkanes) is 43. The molecular weight excluding hydrogens is 1260 g/mol. The molecule has 0 heterocycles. The van der Waals surface area contributed by atoms with Gasteiger partial charge in [0, 0.05) is 25.7 Å². The zero-order chi connectivity index (χ0) is 70.9. The molecule has 0 radical (unpaired) electrons. The van der Waals surface area contributed by atoms with Gasteiger partial charge in [0.1, 0.15) is 19.3 Å². The SMILES string of the molecule is CCCCCCCCCCCCCCC(=O)OC[C@H](COP(=O)(O)OC[C@H](O)COP(=O)(O)OC[C@@H](COC(=O)CCCCCCCCCCCCC(C)C)OC(=O)CCCCCCCCCCCCCCCCCC(C)C)OC(=O)CCCCCCCCCCCCC(C)C. The Labute approximate surface area is 588 Å². The Bertz CT molecular complexity index is 1870. The van der Waals surface area contributed by atoms with Gasteiger partial charge in [0.15, 0.2) is 12.2 Å². The molecule has 570 valence electrons. The second-order valence-corrected chi connectivity index (χ2v) is 32.1. The number of phosphoric acid groups is 2. The molecule has 19 heteroatoms. The van der Waals surface area contributed by atoms with Crippen molar-refractivity contribution in [2.45, 2.75) is 414 Å². The summed E-state index contributed by atoms with van der Waals surface area (Å²) in [5.74, 6) is 0.198. The number of hydrogen-bond acceptors (Lipinski definition) is 15. The Morgan fingerprint density at radius 1 is 0.281 bits per heavy atom. The minimum Gasteiger partial charge on any atom is -0.462 e. The quantitative estimate of drug-likeness (QED) is 0.0222. The minimum absolute atomic E-state index is 0.106. The number of aliphatic hydroxyl groups is 1. The van der Waals surface area contributed by atoms with Crippen molar-refractivity contribution in [1.29, 1.82) is 0 Å². The van der Waals surface area contributed by atoms with Crippen molar-refractivity contribution >= 4 is 39.5 Å². The number of hydrogen-bond donors (Lipinski definition) is 3. The first-order valence-electron chi connectivity index (χ1n) is 39.8. The smallest absolute Gasteiger partial charge is 0.462 e. The Morgan fingerprint density at radius 2 is 0.479 bits per heavy atom. The van der Waals surface area contributed by atoms with Gasteiger partial charge >= 0.3 is 39.5 Å². The number of carbonyl (C=O) groups is 4. The highest BCUT2D eigenvalue weighted by molar-refractivity contribution is 7.47. The molecular formula is C77H150O17P2. The highest BCUT2D eigenvalue weighted by Crippen LogP contribution is 2.45. The fourth-order valence-corrected chi connectivity index (χ4v) is 13.4. The van der Waals surface area contributed by atoms with Gasteiger partial charge in [-0.05, 0) is 43.4 Å². The predicted molar refractivity (Wildman–Crippen MR) is 391 cm³/mol. The summed E-state index contributed by atoms with van der Waals surface area (Å²) in [5, 5.41) is 10.6. The molecule has 0 aliphatic carbocycles. The van der Waals surface area contributed by atoms with Gasteiger partial charge in [-0.25, -0.2) is 9.13 Å². The van der Waals surface area contributed by atoms with E-state index in [1.807, 2.05) is 0 Å². The van der Waals surface area contributed by atoms with Crippen molar-refractivity contribution in [1.82, 2.24) is 0 Å². The van der Waals surface area contributed by atoms with E-state index in [-0.39, 0.29) is 25.7 Å². The summed E-state index contributed by atoms with van der Waals surface area (Å²) in [4.78, 5) is 72.9. The van der Waals surface area contributed by atoms with Crippen molar-refractivity contribution < 1.29 is 80.2 Å². The zero-order valence-corrected chi connectivity index (χ0v) is 64.6. The molecule has 0 saturated heterocycles. The first-order chi connectivity index (χ1) is 46.2. The zero-order valence-electron chi connectivity index (χ0n) is 62.8. The van der Waals surface area contributed by atoms with Gasteiger partial charge in [-0.1, -0.05) is 344 Å². The third kappa shape index (κ3) is 70.5. The van der Waals surface area contributed by atoms with Crippen LogP contribution in [0.25, 0.3) is 0 Å². The van der Waals surface area contributed by atoms with Crippen LogP contribution >= 0.6 is 15.6 Å². The lowest BCUT2D eigenvalue weighted by atomic mass is 10.0. The second kappa shape index (κ2) is 67.5. The Morgan fingerprint density at radius 3 is 0.708 bits per heavy atom. The molecule has 96 heavy (non-hydrogen) atoms. The maximum atomic E-state index is 13.1. The number of aliphatic hydroxyl groups excluding tert-OH is 1. The van der Waals surface area contributed by atoms with E-state index in [1.165, 1.54) is 205 Å². The molecule has 2 unspecified atom stereocenters. The van der Waals surface area contributed by atoms with Crippen molar-refractivity contribution in [2.75, 3.05) is 39.6 Å². The summed E-state index contributed by atoms with van der Waals surface area (Å²) < 4.78 is 68.6. The third-order valence-corrected chi connectivity index (χ3v) is 19.8. The summed E-state index contributed by atoms with van der Waals surface area (Å²) >= 11 is 0. The van der Waals surface area contributed by atoms with Gasteiger partial charge in [0.05, 0.1) is 26.4 Å². The van der Waals surface area contributed by atoms with Gasteiger partial charge < -0.3 is 33.8 Å². The highest BCUT2D eigenvalue weighted by Gasteiger charge is 2.30. The third-order valence-electron chi connectivity index (χ3n) is 17.9. The molecule has 5 atom stereocenters. The van der Waals surface area contributed by atoms with Crippen molar-refractivity contribution in [2.24, 2.45) is 17.8 Å². The van der Waals surface area contributed by atoms with Crippen LogP contribution in [0.2, 0.25) is 0 Å². The Balaban J connectivity index is 5.25. The van der Waals surface area contributed by atoms with Gasteiger partial charge in [0.2, 0.25) is 0 Å². The lowest BCUT2D eigenvalue weighted by Crippen LogP contribution is -2.30. The van der Waals surface area contributed by atoms with Gasteiger partial charge in [-0.15, -0.1) is 0 Å². The lowest BCUT2D eigenvalue weighted by Gasteiger charge is -2.21. The molecule has 0 spiro atoms.